The fourth-order valence-electron chi connectivity index (χ4n) is 2.07. The van der Waals surface area contributed by atoms with Crippen LogP contribution in [-0.4, -0.2) is 35.6 Å². The van der Waals surface area contributed by atoms with Crippen molar-refractivity contribution in [3.8, 4) is 0 Å². The van der Waals surface area contributed by atoms with Gasteiger partial charge >= 0.3 is 0 Å². The molecule has 0 aliphatic heterocycles. The molecule has 1 aromatic heterocycles. The summed E-state index contributed by atoms with van der Waals surface area (Å²) in [6.45, 7) is 10.2. The van der Waals surface area contributed by atoms with Crippen LogP contribution >= 0.6 is 0 Å². The number of hydrogen-bond donors (Lipinski definition) is 1. The van der Waals surface area contributed by atoms with Crippen molar-refractivity contribution in [3.63, 3.8) is 0 Å². The minimum atomic E-state index is 0.492. The van der Waals surface area contributed by atoms with Gasteiger partial charge in [-0.2, -0.15) is 5.10 Å². The summed E-state index contributed by atoms with van der Waals surface area (Å²) < 4.78 is 7.58. The fraction of sp³-hybridized carbons (Fsp3) is 0.800. The predicted molar refractivity (Wildman–Crippen MR) is 79.4 cm³/mol. The molecular weight excluding hydrogens is 238 g/mol. The Balaban J connectivity index is 2.38. The lowest BCUT2D eigenvalue weighted by Crippen LogP contribution is -2.33. The maximum atomic E-state index is 5.60. The van der Waals surface area contributed by atoms with Crippen molar-refractivity contribution in [1.82, 2.24) is 15.1 Å². The van der Waals surface area contributed by atoms with Crippen molar-refractivity contribution in [2.75, 3.05) is 19.8 Å². The normalized spacial score (nSPS) is 12.8. The molecule has 110 valence electrons. The molecule has 4 nitrogen and oxygen atoms in total. The highest BCUT2D eigenvalue weighted by atomic mass is 16.5. The number of aryl methyl sites for hydroxylation is 1. The highest BCUT2D eigenvalue weighted by Gasteiger charge is 2.10. The first-order chi connectivity index (χ1) is 9.30. The van der Waals surface area contributed by atoms with Crippen LogP contribution < -0.4 is 5.32 Å². The van der Waals surface area contributed by atoms with Crippen molar-refractivity contribution in [2.24, 2.45) is 0 Å². The quantitative estimate of drug-likeness (QED) is 0.626. The number of aromatic nitrogens is 2. The Bertz CT molecular complexity index is 325. The van der Waals surface area contributed by atoms with Crippen LogP contribution in [0, 0.1) is 0 Å². The molecule has 0 amide bonds. The number of rotatable bonds is 11. The van der Waals surface area contributed by atoms with E-state index in [1.807, 2.05) is 10.9 Å². The zero-order valence-corrected chi connectivity index (χ0v) is 12.7. The minimum Gasteiger partial charge on any atom is -0.381 e. The van der Waals surface area contributed by atoms with Crippen molar-refractivity contribution in [2.45, 2.75) is 59.0 Å². The van der Waals surface area contributed by atoms with Gasteiger partial charge in [0, 0.05) is 32.0 Å². The van der Waals surface area contributed by atoms with E-state index in [0.717, 1.165) is 45.6 Å². The van der Waals surface area contributed by atoms with E-state index in [2.05, 4.69) is 37.4 Å². The van der Waals surface area contributed by atoms with Gasteiger partial charge in [-0.25, -0.2) is 0 Å². The van der Waals surface area contributed by atoms with Gasteiger partial charge in [-0.3, -0.25) is 4.68 Å². The maximum Gasteiger partial charge on any atom is 0.0522 e. The second-order valence-corrected chi connectivity index (χ2v) is 4.96. The highest BCUT2D eigenvalue weighted by Crippen LogP contribution is 2.06. The Morgan fingerprint density at radius 2 is 2.11 bits per heavy atom. The Kier molecular flexibility index (Phi) is 8.50. The molecule has 0 fully saturated rings. The third-order valence-corrected chi connectivity index (χ3v) is 3.13. The summed E-state index contributed by atoms with van der Waals surface area (Å²) in [5, 5.41) is 7.94. The fourth-order valence-corrected chi connectivity index (χ4v) is 2.07. The lowest BCUT2D eigenvalue weighted by molar-refractivity contribution is 0.124. The molecule has 0 spiro atoms. The molecule has 4 heteroatoms. The van der Waals surface area contributed by atoms with Crippen LogP contribution in [0.4, 0.5) is 0 Å². The van der Waals surface area contributed by atoms with Crippen LogP contribution in [0.15, 0.2) is 12.4 Å². The molecule has 1 heterocycles. The first-order valence-corrected chi connectivity index (χ1v) is 7.62. The summed E-state index contributed by atoms with van der Waals surface area (Å²) in [6.07, 6.45) is 8.49. The topological polar surface area (TPSA) is 39.1 Å². The Hall–Kier alpha value is -0.870. The third kappa shape index (κ3) is 6.73. The molecule has 0 saturated carbocycles. The summed E-state index contributed by atoms with van der Waals surface area (Å²) in [5.74, 6) is 0. The molecule has 0 aliphatic rings. The van der Waals surface area contributed by atoms with E-state index in [0.29, 0.717) is 6.04 Å². The summed E-state index contributed by atoms with van der Waals surface area (Å²) in [5.41, 5.74) is 1.31. The number of nitrogens with one attached hydrogen (secondary N) is 1. The minimum absolute atomic E-state index is 0.492. The van der Waals surface area contributed by atoms with Crippen LogP contribution in [0.5, 0.6) is 0 Å². The van der Waals surface area contributed by atoms with Gasteiger partial charge < -0.3 is 10.1 Å². The van der Waals surface area contributed by atoms with Crippen molar-refractivity contribution < 1.29 is 4.74 Å². The third-order valence-electron chi connectivity index (χ3n) is 3.13. The second-order valence-electron chi connectivity index (χ2n) is 4.96. The lowest BCUT2D eigenvalue weighted by atomic mass is 10.1. The Labute approximate surface area is 117 Å². The summed E-state index contributed by atoms with van der Waals surface area (Å²) in [6, 6.07) is 0.492. The first kappa shape index (κ1) is 16.2. The molecule has 0 radical (unpaired) electrons. The number of nitrogens with zero attached hydrogens (tertiary/aromatic N) is 2. The smallest absolute Gasteiger partial charge is 0.0522 e. The van der Waals surface area contributed by atoms with Gasteiger partial charge in [0.05, 0.1) is 6.20 Å². The predicted octanol–water partition coefficient (Wildman–Crippen LogP) is 2.63. The maximum absolute atomic E-state index is 5.60. The van der Waals surface area contributed by atoms with Crippen molar-refractivity contribution in [1.29, 1.82) is 0 Å². The molecule has 0 saturated heterocycles. The monoisotopic (exact) mass is 267 g/mol. The molecule has 1 unspecified atom stereocenters. The average molecular weight is 267 g/mol. The van der Waals surface area contributed by atoms with Crippen LogP contribution in [0.25, 0.3) is 0 Å². The molecule has 0 aromatic carbocycles. The molecule has 0 bridgehead atoms. The standard InChI is InChI=1S/C15H29N3O/c1-4-8-16-15(7-10-19-9-5-2)11-14-12-17-18(6-3)13-14/h12-13,15-16H,4-11H2,1-3H3. The number of ether oxygens (including phenoxy) is 1. The molecule has 1 aromatic rings. The summed E-state index contributed by atoms with van der Waals surface area (Å²) in [4.78, 5) is 0. The van der Waals surface area contributed by atoms with Crippen molar-refractivity contribution >= 4 is 0 Å². The van der Waals surface area contributed by atoms with E-state index in [4.69, 9.17) is 4.74 Å². The van der Waals surface area contributed by atoms with Crippen LogP contribution in [0.1, 0.15) is 45.6 Å². The van der Waals surface area contributed by atoms with Gasteiger partial charge in [0.2, 0.25) is 0 Å². The summed E-state index contributed by atoms with van der Waals surface area (Å²) in [7, 11) is 0. The lowest BCUT2D eigenvalue weighted by Gasteiger charge is -2.17. The van der Waals surface area contributed by atoms with Crippen LogP contribution in [0.2, 0.25) is 0 Å². The second kappa shape index (κ2) is 9.98. The van der Waals surface area contributed by atoms with Crippen molar-refractivity contribution in [3.05, 3.63) is 18.0 Å². The number of hydrogen-bond acceptors (Lipinski definition) is 3. The first-order valence-electron chi connectivity index (χ1n) is 7.62. The van der Waals surface area contributed by atoms with Gasteiger partial charge in [-0.05, 0) is 44.7 Å². The average Bonchev–Trinajstić information content (AvgIpc) is 2.88. The Morgan fingerprint density at radius 3 is 2.74 bits per heavy atom. The van der Waals surface area contributed by atoms with E-state index in [1.54, 1.807) is 0 Å². The zero-order valence-electron chi connectivity index (χ0n) is 12.7. The van der Waals surface area contributed by atoms with Gasteiger partial charge in [0.25, 0.3) is 0 Å². The molecule has 1 N–H and O–H groups in total. The van der Waals surface area contributed by atoms with Gasteiger partial charge in [-0.1, -0.05) is 13.8 Å². The molecule has 1 rings (SSSR count). The molecular formula is C15H29N3O. The van der Waals surface area contributed by atoms with E-state index < -0.39 is 0 Å². The van der Waals surface area contributed by atoms with Gasteiger partial charge in [0.1, 0.15) is 0 Å². The summed E-state index contributed by atoms with van der Waals surface area (Å²) >= 11 is 0. The van der Waals surface area contributed by atoms with E-state index in [-0.39, 0.29) is 0 Å². The molecule has 0 aliphatic carbocycles. The van der Waals surface area contributed by atoms with Crippen LogP contribution in [-0.2, 0) is 17.7 Å². The SMILES string of the molecule is CCCNC(CCOCCC)Cc1cnn(CC)c1. The molecule has 19 heavy (non-hydrogen) atoms. The highest BCUT2D eigenvalue weighted by molar-refractivity contribution is 5.06. The van der Waals surface area contributed by atoms with Gasteiger partial charge in [-0.15, -0.1) is 0 Å². The Morgan fingerprint density at radius 1 is 1.26 bits per heavy atom. The van der Waals surface area contributed by atoms with Crippen LogP contribution in [0.3, 0.4) is 0 Å². The zero-order chi connectivity index (χ0) is 13.9. The van der Waals surface area contributed by atoms with Gasteiger partial charge in [0.15, 0.2) is 0 Å². The molecule has 1 atom stereocenters. The van der Waals surface area contributed by atoms with E-state index in [9.17, 15) is 0 Å². The largest absolute Gasteiger partial charge is 0.381 e. The van der Waals surface area contributed by atoms with E-state index in [1.165, 1.54) is 12.0 Å². The van der Waals surface area contributed by atoms with E-state index >= 15 is 0 Å².